The van der Waals surface area contributed by atoms with Crippen molar-refractivity contribution in [2.75, 3.05) is 0 Å². The molecule has 0 aromatic heterocycles. The van der Waals surface area contributed by atoms with Crippen LogP contribution in [0, 0.1) is 0 Å². The van der Waals surface area contributed by atoms with Crippen molar-refractivity contribution in [3.63, 3.8) is 0 Å². The normalized spacial score (nSPS) is 25.6. The number of hydrogen-bond acceptors (Lipinski definition) is 4. The SMILES string of the molecule is O=C1C=CC2C(S(=O)(=O)c3ccccc3)CC1(c1ccccc1)N2Cc1ccccc1. The van der Waals surface area contributed by atoms with Crippen LogP contribution in [0.2, 0.25) is 0 Å². The maximum absolute atomic E-state index is 13.7. The van der Waals surface area contributed by atoms with Crippen LogP contribution in [0.4, 0.5) is 0 Å². The van der Waals surface area contributed by atoms with E-state index in [1.54, 1.807) is 36.4 Å². The Morgan fingerprint density at radius 1 is 0.839 bits per heavy atom. The summed E-state index contributed by atoms with van der Waals surface area (Å²) in [6.45, 7) is 0.497. The van der Waals surface area contributed by atoms with Crippen molar-refractivity contribution in [2.45, 2.75) is 34.7 Å². The highest BCUT2D eigenvalue weighted by Crippen LogP contribution is 2.50. The van der Waals surface area contributed by atoms with Crippen LogP contribution in [-0.2, 0) is 26.7 Å². The van der Waals surface area contributed by atoms with Crippen LogP contribution < -0.4 is 0 Å². The molecule has 2 heterocycles. The number of nitrogens with zero attached hydrogens (tertiary/aromatic N) is 1. The fourth-order valence-corrected chi connectivity index (χ4v) is 6.97. The molecule has 0 saturated carbocycles. The molecule has 3 unspecified atom stereocenters. The van der Waals surface area contributed by atoms with Gasteiger partial charge in [-0.3, -0.25) is 9.69 Å². The maximum atomic E-state index is 13.7. The van der Waals surface area contributed by atoms with Crippen molar-refractivity contribution in [3.8, 4) is 0 Å². The first-order chi connectivity index (χ1) is 15.0. The molecular weight excluding hydrogens is 406 g/mol. The largest absolute Gasteiger partial charge is 0.292 e. The Labute approximate surface area is 182 Å². The summed E-state index contributed by atoms with van der Waals surface area (Å²) >= 11 is 0. The molecule has 3 atom stereocenters. The molecule has 4 nitrogen and oxygen atoms in total. The Bertz CT molecular complexity index is 1220. The Morgan fingerprint density at radius 3 is 2.06 bits per heavy atom. The third-order valence-electron chi connectivity index (χ3n) is 6.50. The summed E-state index contributed by atoms with van der Waals surface area (Å²) in [5.41, 5.74) is 0.896. The van der Waals surface area contributed by atoms with Gasteiger partial charge in [0.15, 0.2) is 15.6 Å². The summed E-state index contributed by atoms with van der Waals surface area (Å²) in [5.74, 6) is -0.0587. The van der Waals surface area contributed by atoms with E-state index in [-0.39, 0.29) is 18.2 Å². The van der Waals surface area contributed by atoms with Crippen LogP contribution in [-0.4, -0.2) is 30.4 Å². The lowest BCUT2D eigenvalue weighted by Gasteiger charge is -2.41. The second kappa shape index (κ2) is 7.59. The van der Waals surface area contributed by atoms with Gasteiger partial charge in [0, 0.05) is 12.6 Å². The van der Waals surface area contributed by atoms with E-state index in [0.29, 0.717) is 11.4 Å². The first kappa shape index (κ1) is 19.9. The molecule has 5 heteroatoms. The fourth-order valence-electron chi connectivity index (χ4n) is 5.02. The minimum atomic E-state index is -3.63. The Hall–Kier alpha value is -3.02. The van der Waals surface area contributed by atoms with Crippen molar-refractivity contribution in [1.29, 1.82) is 0 Å². The van der Waals surface area contributed by atoms with Crippen LogP contribution in [0.25, 0.3) is 0 Å². The van der Waals surface area contributed by atoms with Crippen LogP contribution in [0.5, 0.6) is 0 Å². The zero-order chi connectivity index (χ0) is 21.5. The highest BCUT2D eigenvalue weighted by Gasteiger charge is 2.60. The fraction of sp³-hybridized carbons (Fsp3) is 0.192. The summed E-state index contributed by atoms with van der Waals surface area (Å²) in [6, 6.07) is 27.7. The average Bonchev–Trinajstić information content (AvgIpc) is 3.05. The maximum Gasteiger partial charge on any atom is 0.183 e. The van der Waals surface area contributed by atoms with Crippen molar-refractivity contribution in [1.82, 2.24) is 4.90 Å². The second-order valence-electron chi connectivity index (χ2n) is 8.15. The number of benzene rings is 3. The number of hydrogen-bond donors (Lipinski definition) is 0. The molecule has 5 rings (SSSR count). The Morgan fingerprint density at radius 2 is 1.42 bits per heavy atom. The molecule has 31 heavy (non-hydrogen) atoms. The highest BCUT2D eigenvalue weighted by atomic mass is 32.2. The molecule has 0 amide bonds. The van der Waals surface area contributed by atoms with Crippen LogP contribution in [0.3, 0.4) is 0 Å². The third kappa shape index (κ3) is 3.16. The number of fused-ring (bicyclic) bond motifs is 2. The van der Waals surface area contributed by atoms with Gasteiger partial charge in [-0.1, -0.05) is 84.9 Å². The first-order valence-electron chi connectivity index (χ1n) is 10.4. The lowest BCUT2D eigenvalue weighted by molar-refractivity contribution is -0.127. The summed E-state index contributed by atoms with van der Waals surface area (Å²) in [6.07, 6.45) is 3.60. The number of sulfone groups is 1. The third-order valence-corrected chi connectivity index (χ3v) is 8.67. The minimum absolute atomic E-state index is 0.0587. The van der Waals surface area contributed by atoms with E-state index in [9.17, 15) is 13.2 Å². The molecule has 2 aliphatic heterocycles. The molecule has 0 radical (unpaired) electrons. The summed E-state index contributed by atoms with van der Waals surface area (Å²) in [7, 11) is -3.63. The lowest BCUT2D eigenvalue weighted by Crippen LogP contribution is -2.51. The molecule has 2 bridgehead atoms. The van der Waals surface area contributed by atoms with Gasteiger partial charge < -0.3 is 0 Å². The van der Waals surface area contributed by atoms with Gasteiger partial charge in [-0.05, 0) is 35.8 Å². The predicted molar refractivity (Wildman–Crippen MR) is 120 cm³/mol. The second-order valence-corrected chi connectivity index (χ2v) is 10.3. The van der Waals surface area contributed by atoms with E-state index in [4.69, 9.17) is 0 Å². The topological polar surface area (TPSA) is 54.5 Å². The molecule has 3 aromatic carbocycles. The highest BCUT2D eigenvalue weighted by molar-refractivity contribution is 7.92. The van der Waals surface area contributed by atoms with Gasteiger partial charge in [-0.25, -0.2) is 8.42 Å². The van der Waals surface area contributed by atoms with E-state index >= 15 is 0 Å². The van der Waals surface area contributed by atoms with Crippen LogP contribution in [0.15, 0.2) is 108 Å². The van der Waals surface area contributed by atoms with E-state index in [1.807, 2.05) is 66.7 Å². The van der Waals surface area contributed by atoms with Gasteiger partial charge in [-0.2, -0.15) is 0 Å². The molecule has 156 valence electrons. The smallest absolute Gasteiger partial charge is 0.183 e. The Balaban J connectivity index is 1.67. The average molecular weight is 430 g/mol. The molecule has 3 aromatic rings. The number of carbonyl (C=O) groups excluding carboxylic acids is 1. The summed E-state index contributed by atoms with van der Waals surface area (Å²) < 4.78 is 27.4. The van der Waals surface area contributed by atoms with Crippen molar-refractivity contribution < 1.29 is 13.2 Å². The van der Waals surface area contributed by atoms with Crippen molar-refractivity contribution in [2.24, 2.45) is 0 Å². The molecular formula is C26H23NO3S. The zero-order valence-corrected chi connectivity index (χ0v) is 17.8. The van der Waals surface area contributed by atoms with Gasteiger partial charge in [0.1, 0.15) is 5.54 Å². The van der Waals surface area contributed by atoms with Crippen molar-refractivity contribution in [3.05, 3.63) is 114 Å². The van der Waals surface area contributed by atoms with E-state index in [2.05, 4.69) is 4.90 Å². The summed E-state index contributed by atoms with van der Waals surface area (Å²) in [5, 5.41) is -0.707. The molecule has 2 aliphatic rings. The molecule has 0 spiro atoms. The standard InChI is InChI=1S/C26H23NO3S/c28-25-17-16-23-24(31(29,30)22-14-8-3-9-15-22)18-26(25,21-12-6-2-7-13-21)27(23)19-20-10-4-1-5-11-20/h1-17,23-24H,18-19H2. The van der Waals surface area contributed by atoms with Crippen molar-refractivity contribution >= 4 is 15.6 Å². The number of carbonyl (C=O) groups is 1. The molecule has 1 saturated heterocycles. The van der Waals surface area contributed by atoms with Gasteiger partial charge >= 0.3 is 0 Å². The van der Waals surface area contributed by atoms with E-state index in [0.717, 1.165) is 11.1 Å². The van der Waals surface area contributed by atoms with E-state index < -0.39 is 20.6 Å². The summed E-state index contributed by atoms with van der Waals surface area (Å²) in [4.78, 5) is 15.9. The quantitative estimate of drug-likeness (QED) is 0.612. The lowest BCUT2D eigenvalue weighted by atomic mass is 9.82. The number of rotatable bonds is 5. The van der Waals surface area contributed by atoms with E-state index in [1.165, 1.54) is 0 Å². The van der Waals surface area contributed by atoms with Gasteiger partial charge in [0.05, 0.1) is 10.1 Å². The molecule has 0 N–H and O–H groups in total. The zero-order valence-electron chi connectivity index (χ0n) is 17.0. The van der Waals surface area contributed by atoms with Crippen LogP contribution in [0.1, 0.15) is 17.5 Å². The minimum Gasteiger partial charge on any atom is -0.292 e. The van der Waals surface area contributed by atoms with Gasteiger partial charge in [0.25, 0.3) is 0 Å². The van der Waals surface area contributed by atoms with Gasteiger partial charge in [-0.15, -0.1) is 0 Å². The van der Waals surface area contributed by atoms with Gasteiger partial charge in [0.2, 0.25) is 0 Å². The first-order valence-corrected chi connectivity index (χ1v) is 12.0. The monoisotopic (exact) mass is 429 g/mol. The predicted octanol–water partition coefficient (Wildman–Crippen LogP) is 4.14. The Kier molecular flexibility index (Phi) is 4.88. The number of ketones is 1. The van der Waals surface area contributed by atoms with Crippen LogP contribution >= 0.6 is 0 Å². The molecule has 0 aliphatic carbocycles. The molecule has 1 fully saturated rings.